The lowest BCUT2D eigenvalue weighted by molar-refractivity contribution is 0.0695. The Labute approximate surface area is 115 Å². The molecule has 0 aromatic heterocycles. The van der Waals surface area contributed by atoms with E-state index in [1.54, 1.807) is 0 Å². The molecule has 1 unspecified atom stereocenters. The predicted octanol–water partition coefficient (Wildman–Crippen LogP) is 1.82. The number of benzene rings is 1. The number of carbonyl (C=O) groups is 2. The Bertz CT molecular complexity index is 510. The molecule has 2 N–H and O–H groups in total. The van der Waals surface area contributed by atoms with Gasteiger partial charge in [-0.25, -0.2) is 9.18 Å². The SMILES string of the molecule is O=C(O)c1ccc(C(=O)NC2CCCOCC2)c(F)c1. The van der Waals surface area contributed by atoms with Gasteiger partial charge in [0.2, 0.25) is 0 Å². The van der Waals surface area contributed by atoms with Crippen LogP contribution in [0.4, 0.5) is 4.39 Å². The molecule has 1 aliphatic heterocycles. The lowest BCUT2D eigenvalue weighted by Crippen LogP contribution is -2.35. The maximum absolute atomic E-state index is 13.7. The molecule has 0 bridgehead atoms. The molecule has 0 aliphatic carbocycles. The van der Waals surface area contributed by atoms with Gasteiger partial charge in [-0.2, -0.15) is 0 Å². The lowest BCUT2D eigenvalue weighted by Gasteiger charge is -2.15. The van der Waals surface area contributed by atoms with Gasteiger partial charge in [0, 0.05) is 19.3 Å². The van der Waals surface area contributed by atoms with Crippen molar-refractivity contribution in [2.24, 2.45) is 0 Å². The summed E-state index contributed by atoms with van der Waals surface area (Å²) in [6, 6.07) is 3.23. The molecule has 0 spiro atoms. The average molecular weight is 281 g/mol. The van der Waals surface area contributed by atoms with Crippen LogP contribution < -0.4 is 5.32 Å². The van der Waals surface area contributed by atoms with Gasteiger partial charge in [-0.1, -0.05) is 0 Å². The zero-order valence-corrected chi connectivity index (χ0v) is 10.9. The van der Waals surface area contributed by atoms with Crippen LogP contribution in [0.3, 0.4) is 0 Å². The number of ether oxygens (including phenoxy) is 1. The Balaban J connectivity index is 2.06. The molecule has 1 fully saturated rings. The van der Waals surface area contributed by atoms with E-state index in [-0.39, 0.29) is 17.2 Å². The number of carboxylic acids is 1. The molecule has 1 aliphatic rings. The van der Waals surface area contributed by atoms with Crippen LogP contribution in [-0.4, -0.2) is 36.2 Å². The maximum Gasteiger partial charge on any atom is 0.335 e. The Morgan fingerprint density at radius 2 is 2.10 bits per heavy atom. The van der Waals surface area contributed by atoms with E-state index in [1.807, 2.05) is 0 Å². The van der Waals surface area contributed by atoms with Crippen LogP contribution in [0.2, 0.25) is 0 Å². The van der Waals surface area contributed by atoms with E-state index < -0.39 is 17.7 Å². The molecule has 0 saturated carbocycles. The van der Waals surface area contributed by atoms with Crippen LogP contribution in [0.5, 0.6) is 0 Å². The molecule has 1 saturated heterocycles. The van der Waals surface area contributed by atoms with Crippen LogP contribution in [0.25, 0.3) is 0 Å². The number of halogens is 1. The van der Waals surface area contributed by atoms with Gasteiger partial charge in [0.15, 0.2) is 0 Å². The summed E-state index contributed by atoms with van der Waals surface area (Å²) in [5, 5.41) is 11.5. The number of hydrogen-bond donors (Lipinski definition) is 2. The molecule has 2 rings (SSSR count). The molecule has 1 aromatic rings. The third-order valence-corrected chi connectivity index (χ3v) is 3.25. The van der Waals surface area contributed by atoms with E-state index >= 15 is 0 Å². The highest BCUT2D eigenvalue weighted by Gasteiger charge is 2.19. The first-order valence-corrected chi connectivity index (χ1v) is 6.49. The second-order valence-corrected chi connectivity index (χ2v) is 4.71. The summed E-state index contributed by atoms with van der Waals surface area (Å²) in [5.41, 5.74) is -0.318. The van der Waals surface area contributed by atoms with Crippen LogP contribution in [0.1, 0.15) is 40.0 Å². The highest BCUT2D eigenvalue weighted by atomic mass is 19.1. The third-order valence-electron chi connectivity index (χ3n) is 3.25. The lowest BCUT2D eigenvalue weighted by atomic mass is 10.1. The highest BCUT2D eigenvalue weighted by molar-refractivity contribution is 5.96. The van der Waals surface area contributed by atoms with E-state index in [9.17, 15) is 14.0 Å². The topological polar surface area (TPSA) is 75.6 Å². The van der Waals surface area contributed by atoms with Gasteiger partial charge in [0.25, 0.3) is 5.91 Å². The van der Waals surface area contributed by atoms with Gasteiger partial charge in [0.1, 0.15) is 5.82 Å². The number of rotatable bonds is 3. The number of aromatic carboxylic acids is 1. The molecule has 5 nitrogen and oxygen atoms in total. The second-order valence-electron chi connectivity index (χ2n) is 4.71. The zero-order valence-electron chi connectivity index (χ0n) is 10.9. The fourth-order valence-electron chi connectivity index (χ4n) is 2.14. The minimum Gasteiger partial charge on any atom is -0.478 e. The van der Waals surface area contributed by atoms with Gasteiger partial charge in [-0.3, -0.25) is 4.79 Å². The van der Waals surface area contributed by atoms with Crippen LogP contribution in [-0.2, 0) is 4.74 Å². The van der Waals surface area contributed by atoms with Crippen molar-refractivity contribution < 1.29 is 23.8 Å². The first-order valence-electron chi connectivity index (χ1n) is 6.49. The molecule has 20 heavy (non-hydrogen) atoms. The second kappa shape index (κ2) is 6.47. The Morgan fingerprint density at radius 3 is 2.80 bits per heavy atom. The fraction of sp³-hybridized carbons (Fsp3) is 0.429. The number of hydrogen-bond acceptors (Lipinski definition) is 3. The summed E-state index contributed by atoms with van der Waals surface area (Å²) in [5.74, 6) is -2.57. The van der Waals surface area contributed by atoms with Crippen LogP contribution >= 0.6 is 0 Å². The van der Waals surface area contributed by atoms with E-state index in [2.05, 4.69) is 5.32 Å². The summed E-state index contributed by atoms with van der Waals surface area (Å²) < 4.78 is 19.0. The van der Waals surface area contributed by atoms with Crippen molar-refractivity contribution in [1.82, 2.24) is 5.32 Å². The number of carbonyl (C=O) groups excluding carboxylic acids is 1. The number of carboxylic acid groups (broad SMARTS) is 1. The number of nitrogens with one attached hydrogen (secondary N) is 1. The highest BCUT2D eigenvalue weighted by Crippen LogP contribution is 2.13. The van der Waals surface area contributed by atoms with Gasteiger partial charge in [-0.05, 0) is 37.5 Å². The van der Waals surface area contributed by atoms with E-state index in [4.69, 9.17) is 9.84 Å². The quantitative estimate of drug-likeness (QED) is 0.886. The van der Waals surface area contributed by atoms with Gasteiger partial charge in [0.05, 0.1) is 11.1 Å². The van der Waals surface area contributed by atoms with Crippen molar-refractivity contribution in [2.45, 2.75) is 25.3 Å². The monoisotopic (exact) mass is 281 g/mol. The van der Waals surface area contributed by atoms with Crippen molar-refractivity contribution in [3.05, 3.63) is 35.1 Å². The van der Waals surface area contributed by atoms with Crippen LogP contribution in [0.15, 0.2) is 18.2 Å². The zero-order chi connectivity index (χ0) is 14.5. The molecule has 6 heteroatoms. The van der Waals surface area contributed by atoms with Crippen LogP contribution in [0, 0.1) is 5.82 Å². The number of amides is 1. The summed E-state index contributed by atoms with van der Waals surface area (Å²) in [7, 11) is 0. The van der Waals surface area contributed by atoms with E-state index in [0.29, 0.717) is 19.6 Å². The van der Waals surface area contributed by atoms with Gasteiger partial charge < -0.3 is 15.2 Å². The Hall–Kier alpha value is -1.95. The van der Waals surface area contributed by atoms with Gasteiger partial charge >= 0.3 is 5.97 Å². The Morgan fingerprint density at radius 1 is 1.30 bits per heavy atom. The summed E-state index contributed by atoms with van der Waals surface area (Å²) in [6.07, 6.45) is 2.34. The third kappa shape index (κ3) is 3.54. The van der Waals surface area contributed by atoms with Crippen molar-refractivity contribution in [2.75, 3.05) is 13.2 Å². The molecule has 1 atom stereocenters. The molecule has 0 radical (unpaired) electrons. The molecular formula is C14H16FNO4. The van der Waals surface area contributed by atoms with Crippen molar-refractivity contribution in [3.8, 4) is 0 Å². The Kier molecular flexibility index (Phi) is 4.68. The summed E-state index contributed by atoms with van der Waals surface area (Å²) >= 11 is 0. The van der Waals surface area contributed by atoms with Crippen molar-refractivity contribution in [1.29, 1.82) is 0 Å². The molecule has 1 amide bonds. The first-order chi connectivity index (χ1) is 9.58. The maximum atomic E-state index is 13.7. The molecule has 1 aromatic carbocycles. The van der Waals surface area contributed by atoms with E-state index in [1.165, 1.54) is 12.1 Å². The predicted molar refractivity (Wildman–Crippen MR) is 69.3 cm³/mol. The minimum absolute atomic E-state index is 0.0384. The normalized spacial score (nSPS) is 19.1. The standard InChI is InChI=1S/C14H16FNO4/c15-12-8-9(14(18)19)3-4-11(12)13(17)16-10-2-1-6-20-7-5-10/h3-4,8,10H,1-2,5-7H2,(H,16,17)(H,18,19). The molecular weight excluding hydrogens is 265 g/mol. The van der Waals surface area contributed by atoms with Gasteiger partial charge in [-0.15, -0.1) is 0 Å². The average Bonchev–Trinajstić information content (AvgIpc) is 2.67. The largest absolute Gasteiger partial charge is 0.478 e. The minimum atomic E-state index is -1.23. The summed E-state index contributed by atoms with van der Waals surface area (Å²) in [4.78, 5) is 22.7. The smallest absolute Gasteiger partial charge is 0.335 e. The van der Waals surface area contributed by atoms with Crippen molar-refractivity contribution >= 4 is 11.9 Å². The molecule has 108 valence electrons. The van der Waals surface area contributed by atoms with Crippen molar-refractivity contribution in [3.63, 3.8) is 0 Å². The summed E-state index contributed by atoms with van der Waals surface area (Å²) in [6.45, 7) is 1.25. The van der Waals surface area contributed by atoms with E-state index in [0.717, 1.165) is 18.9 Å². The fourth-order valence-corrected chi connectivity index (χ4v) is 2.14. The molecule has 1 heterocycles. The first kappa shape index (κ1) is 14.5.